The van der Waals surface area contributed by atoms with Gasteiger partial charge in [0.2, 0.25) is 0 Å². The second kappa shape index (κ2) is 8.22. The van der Waals surface area contributed by atoms with Gasteiger partial charge in [-0.2, -0.15) is 0 Å². The van der Waals surface area contributed by atoms with Crippen molar-refractivity contribution in [3.05, 3.63) is 99.9 Å². The fraction of sp³-hybridized carbons (Fsp3) is 0.150. The predicted molar refractivity (Wildman–Crippen MR) is 102 cm³/mol. The number of benzene rings is 2. The van der Waals surface area contributed by atoms with Gasteiger partial charge in [-0.05, 0) is 29.3 Å². The molecule has 0 fully saturated rings. The predicted octanol–water partition coefficient (Wildman–Crippen LogP) is 3.91. The SMILES string of the molecule is CNc1ccc(CN[C@@H](c2ccccc2)c2ccccn2)cc1[N+](=O)[O-]. The highest BCUT2D eigenvalue weighted by molar-refractivity contribution is 5.62. The summed E-state index contributed by atoms with van der Waals surface area (Å²) in [5.41, 5.74) is 3.41. The average molecular weight is 348 g/mol. The quantitative estimate of drug-likeness (QED) is 0.500. The number of aromatic nitrogens is 1. The molecule has 0 aliphatic heterocycles. The third-order valence-electron chi connectivity index (χ3n) is 4.15. The van der Waals surface area contributed by atoms with Crippen LogP contribution in [0, 0.1) is 10.1 Å². The maximum absolute atomic E-state index is 11.2. The first-order valence-electron chi connectivity index (χ1n) is 8.33. The van der Waals surface area contributed by atoms with E-state index in [4.69, 9.17) is 0 Å². The minimum atomic E-state index is -0.372. The summed E-state index contributed by atoms with van der Waals surface area (Å²) in [4.78, 5) is 15.3. The standard InChI is InChI=1S/C20H20N4O2/c1-21-17-11-10-15(13-19(17)24(25)26)14-23-20(16-7-3-2-4-8-16)18-9-5-6-12-22-18/h2-13,20-21,23H,14H2,1H3/t20-/m0/s1. The van der Waals surface area contributed by atoms with Crippen molar-refractivity contribution in [1.29, 1.82) is 0 Å². The normalized spacial score (nSPS) is 11.7. The summed E-state index contributed by atoms with van der Waals surface area (Å²) in [7, 11) is 1.67. The molecule has 1 aromatic heterocycles. The van der Waals surface area contributed by atoms with Gasteiger partial charge in [0.25, 0.3) is 5.69 Å². The Morgan fingerprint density at radius 3 is 2.50 bits per heavy atom. The molecule has 6 nitrogen and oxygen atoms in total. The lowest BCUT2D eigenvalue weighted by Crippen LogP contribution is -2.23. The summed E-state index contributed by atoms with van der Waals surface area (Å²) in [6.45, 7) is 0.487. The highest BCUT2D eigenvalue weighted by Gasteiger charge is 2.17. The Bertz CT molecular complexity index is 830. The van der Waals surface area contributed by atoms with Crippen LogP contribution in [0.15, 0.2) is 72.9 Å². The van der Waals surface area contributed by atoms with Crippen LogP contribution < -0.4 is 10.6 Å². The zero-order chi connectivity index (χ0) is 18.4. The number of nitro groups is 1. The second-order valence-electron chi connectivity index (χ2n) is 5.84. The van der Waals surface area contributed by atoms with Crippen LogP contribution in [0.3, 0.4) is 0 Å². The molecule has 0 aliphatic rings. The summed E-state index contributed by atoms with van der Waals surface area (Å²) >= 11 is 0. The van der Waals surface area contributed by atoms with Gasteiger partial charge >= 0.3 is 0 Å². The number of nitro benzene ring substituents is 1. The zero-order valence-corrected chi connectivity index (χ0v) is 14.4. The van der Waals surface area contributed by atoms with Crippen LogP contribution in [0.4, 0.5) is 11.4 Å². The van der Waals surface area contributed by atoms with Crippen LogP contribution in [0.5, 0.6) is 0 Å². The molecule has 0 saturated carbocycles. The monoisotopic (exact) mass is 348 g/mol. The van der Waals surface area contributed by atoms with E-state index in [0.717, 1.165) is 16.8 Å². The molecule has 3 rings (SSSR count). The van der Waals surface area contributed by atoms with E-state index in [-0.39, 0.29) is 16.7 Å². The van der Waals surface area contributed by atoms with E-state index < -0.39 is 0 Å². The molecule has 2 aromatic carbocycles. The number of nitrogens with one attached hydrogen (secondary N) is 2. The molecular formula is C20H20N4O2. The Hall–Kier alpha value is -3.25. The second-order valence-corrected chi connectivity index (χ2v) is 5.84. The van der Waals surface area contributed by atoms with Crippen molar-refractivity contribution in [1.82, 2.24) is 10.3 Å². The Morgan fingerprint density at radius 1 is 1.08 bits per heavy atom. The van der Waals surface area contributed by atoms with Crippen molar-refractivity contribution in [2.75, 3.05) is 12.4 Å². The van der Waals surface area contributed by atoms with Crippen molar-refractivity contribution in [3.8, 4) is 0 Å². The van der Waals surface area contributed by atoms with Gasteiger partial charge in [-0.15, -0.1) is 0 Å². The van der Waals surface area contributed by atoms with Crippen LogP contribution in [0.25, 0.3) is 0 Å². The number of hydrogen-bond donors (Lipinski definition) is 2. The molecule has 132 valence electrons. The van der Waals surface area contributed by atoms with Gasteiger partial charge in [0.15, 0.2) is 0 Å². The first-order chi connectivity index (χ1) is 12.7. The molecule has 0 radical (unpaired) electrons. The maximum atomic E-state index is 11.2. The van der Waals surface area contributed by atoms with Gasteiger partial charge in [0, 0.05) is 25.9 Å². The minimum Gasteiger partial charge on any atom is -0.383 e. The van der Waals surface area contributed by atoms with Gasteiger partial charge in [0.1, 0.15) is 5.69 Å². The molecule has 26 heavy (non-hydrogen) atoms. The molecule has 0 unspecified atom stereocenters. The Labute approximate surface area is 152 Å². The van der Waals surface area contributed by atoms with Crippen LogP contribution in [-0.4, -0.2) is 17.0 Å². The summed E-state index contributed by atoms with van der Waals surface area (Å²) in [5, 5.41) is 17.6. The molecule has 0 spiro atoms. The lowest BCUT2D eigenvalue weighted by atomic mass is 10.0. The molecule has 0 bridgehead atoms. The molecule has 1 atom stereocenters. The average Bonchev–Trinajstić information content (AvgIpc) is 2.69. The van der Waals surface area contributed by atoms with Crippen molar-refractivity contribution >= 4 is 11.4 Å². The van der Waals surface area contributed by atoms with E-state index in [0.29, 0.717) is 12.2 Å². The lowest BCUT2D eigenvalue weighted by Gasteiger charge is -2.19. The van der Waals surface area contributed by atoms with E-state index in [1.807, 2.05) is 54.6 Å². The van der Waals surface area contributed by atoms with Crippen molar-refractivity contribution in [2.45, 2.75) is 12.6 Å². The summed E-state index contributed by atoms with van der Waals surface area (Å²) < 4.78 is 0. The van der Waals surface area contributed by atoms with Crippen molar-refractivity contribution < 1.29 is 4.92 Å². The first kappa shape index (κ1) is 17.6. The number of rotatable bonds is 7. The number of anilines is 1. The van der Waals surface area contributed by atoms with E-state index in [2.05, 4.69) is 15.6 Å². The largest absolute Gasteiger partial charge is 0.383 e. The molecular weight excluding hydrogens is 328 g/mol. The van der Waals surface area contributed by atoms with E-state index >= 15 is 0 Å². The summed E-state index contributed by atoms with van der Waals surface area (Å²) in [6.07, 6.45) is 1.76. The molecule has 1 heterocycles. The Morgan fingerprint density at radius 2 is 1.85 bits per heavy atom. The van der Waals surface area contributed by atoms with Crippen LogP contribution >= 0.6 is 0 Å². The number of nitrogens with zero attached hydrogens (tertiary/aromatic N) is 2. The lowest BCUT2D eigenvalue weighted by molar-refractivity contribution is -0.384. The third-order valence-corrected chi connectivity index (χ3v) is 4.15. The third kappa shape index (κ3) is 4.04. The molecule has 0 amide bonds. The van der Waals surface area contributed by atoms with Crippen molar-refractivity contribution in [2.24, 2.45) is 0 Å². The van der Waals surface area contributed by atoms with Gasteiger partial charge in [-0.1, -0.05) is 42.5 Å². The van der Waals surface area contributed by atoms with Crippen molar-refractivity contribution in [3.63, 3.8) is 0 Å². The fourth-order valence-electron chi connectivity index (χ4n) is 2.85. The van der Waals surface area contributed by atoms with Crippen LogP contribution in [0.1, 0.15) is 22.9 Å². The van der Waals surface area contributed by atoms with Gasteiger partial charge in [0.05, 0.1) is 16.7 Å². The van der Waals surface area contributed by atoms with Crippen LogP contribution in [-0.2, 0) is 6.54 Å². The molecule has 0 saturated heterocycles. The topological polar surface area (TPSA) is 80.1 Å². The van der Waals surface area contributed by atoms with Gasteiger partial charge in [-0.3, -0.25) is 15.1 Å². The highest BCUT2D eigenvalue weighted by atomic mass is 16.6. The fourth-order valence-corrected chi connectivity index (χ4v) is 2.85. The van der Waals surface area contributed by atoms with Crippen LogP contribution in [0.2, 0.25) is 0 Å². The number of pyridine rings is 1. The van der Waals surface area contributed by atoms with Gasteiger partial charge in [-0.25, -0.2) is 0 Å². The van der Waals surface area contributed by atoms with E-state index in [1.165, 1.54) is 0 Å². The smallest absolute Gasteiger partial charge is 0.292 e. The zero-order valence-electron chi connectivity index (χ0n) is 14.4. The van der Waals surface area contributed by atoms with E-state index in [9.17, 15) is 10.1 Å². The van der Waals surface area contributed by atoms with E-state index in [1.54, 1.807) is 25.4 Å². The number of hydrogen-bond acceptors (Lipinski definition) is 5. The minimum absolute atomic E-state index is 0.0703. The Balaban J connectivity index is 1.85. The molecule has 0 aliphatic carbocycles. The molecule has 2 N–H and O–H groups in total. The molecule has 3 aromatic rings. The first-order valence-corrected chi connectivity index (χ1v) is 8.33. The highest BCUT2D eigenvalue weighted by Crippen LogP contribution is 2.26. The maximum Gasteiger partial charge on any atom is 0.292 e. The molecule has 6 heteroatoms. The summed E-state index contributed by atoms with van der Waals surface area (Å²) in [5.74, 6) is 0. The van der Waals surface area contributed by atoms with Gasteiger partial charge < -0.3 is 10.6 Å². The summed E-state index contributed by atoms with van der Waals surface area (Å²) in [6, 6.07) is 20.9. The Kier molecular flexibility index (Phi) is 5.56.